The van der Waals surface area contributed by atoms with Crippen molar-refractivity contribution in [3.05, 3.63) is 28.2 Å². The number of amides is 1. The number of nitrogens with zero attached hydrogens (tertiary/aromatic N) is 1. The molecule has 0 radical (unpaired) electrons. The summed E-state index contributed by atoms with van der Waals surface area (Å²) < 4.78 is 0. The van der Waals surface area contributed by atoms with E-state index in [9.17, 15) is 4.79 Å². The number of benzene rings is 1. The van der Waals surface area contributed by atoms with Gasteiger partial charge in [-0.15, -0.1) is 0 Å². The van der Waals surface area contributed by atoms with E-state index >= 15 is 0 Å². The molecule has 0 atom stereocenters. The van der Waals surface area contributed by atoms with Crippen molar-refractivity contribution in [3.8, 4) is 0 Å². The van der Waals surface area contributed by atoms with Gasteiger partial charge in [0.1, 0.15) is 0 Å². The molecule has 0 saturated heterocycles. The van der Waals surface area contributed by atoms with Gasteiger partial charge in [-0.2, -0.15) is 0 Å². The maximum atomic E-state index is 11.9. The van der Waals surface area contributed by atoms with Crippen molar-refractivity contribution < 1.29 is 4.79 Å². The predicted molar refractivity (Wildman–Crippen MR) is 76.5 cm³/mol. The minimum absolute atomic E-state index is 0.0558. The Balaban J connectivity index is 2.31. The van der Waals surface area contributed by atoms with Crippen LogP contribution in [0.2, 0.25) is 10.0 Å². The SMILES string of the molecule is CC(=O)N(c1cc(Cl)cc(Cl)c1)C1CCCCC1. The Morgan fingerprint density at radius 3 is 2.17 bits per heavy atom. The lowest BCUT2D eigenvalue weighted by Gasteiger charge is -2.34. The standard InChI is InChI=1S/C14H17Cl2NO/c1-10(18)17(13-5-3-2-4-6-13)14-8-11(15)7-12(16)9-14/h7-9,13H,2-6H2,1H3. The van der Waals surface area contributed by atoms with Crippen LogP contribution in [-0.4, -0.2) is 11.9 Å². The molecule has 18 heavy (non-hydrogen) atoms. The summed E-state index contributed by atoms with van der Waals surface area (Å²) in [6.45, 7) is 1.60. The summed E-state index contributed by atoms with van der Waals surface area (Å²) in [6, 6.07) is 5.59. The van der Waals surface area contributed by atoms with Crippen LogP contribution in [0.5, 0.6) is 0 Å². The number of anilines is 1. The molecule has 0 bridgehead atoms. The van der Waals surface area contributed by atoms with Crippen molar-refractivity contribution in [1.29, 1.82) is 0 Å². The average Bonchev–Trinajstić information content (AvgIpc) is 2.28. The average molecular weight is 286 g/mol. The molecule has 1 aliphatic carbocycles. The third kappa shape index (κ3) is 3.18. The number of rotatable bonds is 2. The molecule has 0 aromatic heterocycles. The van der Waals surface area contributed by atoms with Crippen molar-refractivity contribution in [2.45, 2.75) is 45.1 Å². The predicted octanol–water partition coefficient (Wildman–Crippen LogP) is 4.68. The van der Waals surface area contributed by atoms with Crippen molar-refractivity contribution in [1.82, 2.24) is 0 Å². The van der Waals surface area contributed by atoms with Crippen LogP contribution in [-0.2, 0) is 4.79 Å². The Kier molecular flexibility index (Phi) is 4.52. The zero-order valence-corrected chi connectivity index (χ0v) is 12.0. The van der Waals surface area contributed by atoms with Crippen LogP contribution in [0.15, 0.2) is 18.2 Å². The van der Waals surface area contributed by atoms with E-state index in [1.165, 1.54) is 19.3 Å². The molecule has 1 amide bonds. The van der Waals surface area contributed by atoms with Gasteiger partial charge >= 0.3 is 0 Å². The van der Waals surface area contributed by atoms with Gasteiger partial charge in [-0.3, -0.25) is 4.79 Å². The number of halogens is 2. The second kappa shape index (κ2) is 5.94. The molecule has 1 aliphatic rings. The molecule has 98 valence electrons. The highest BCUT2D eigenvalue weighted by atomic mass is 35.5. The van der Waals surface area contributed by atoms with E-state index in [4.69, 9.17) is 23.2 Å². The molecule has 2 rings (SSSR count). The molecular weight excluding hydrogens is 269 g/mol. The zero-order chi connectivity index (χ0) is 13.1. The lowest BCUT2D eigenvalue weighted by Crippen LogP contribution is -2.40. The van der Waals surface area contributed by atoms with Gasteiger partial charge in [0.25, 0.3) is 0 Å². The van der Waals surface area contributed by atoms with Crippen molar-refractivity contribution in [2.75, 3.05) is 4.90 Å². The first kappa shape index (κ1) is 13.7. The number of carbonyl (C=O) groups is 1. The van der Waals surface area contributed by atoms with Gasteiger partial charge in [0.15, 0.2) is 0 Å². The Hall–Kier alpha value is -0.730. The highest BCUT2D eigenvalue weighted by Gasteiger charge is 2.24. The highest BCUT2D eigenvalue weighted by molar-refractivity contribution is 6.35. The van der Waals surface area contributed by atoms with E-state index in [2.05, 4.69) is 0 Å². The summed E-state index contributed by atoms with van der Waals surface area (Å²) in [6.07, 6.45) is 5.75. The van der Waals surface area contributed by atoms with Crippen LogP contribution in [0.4, 0.5) is 5.69 Å². The normalized spacial score (nSPS) is 16.6. The fourth-order valence-corrected chi connectivity index (χ4v) is 3.18. The first-order chi connectivity index (χ1) is 8.58. The van der Waals surface area contributed by atoms with Gasteiger partial charge in [-0.25, -0.2) is 0 Å². The van der Waals surface area contributed by atoms with Crippen LogP contribution in [0.1, 0.15) is 39.0 Å². The van der Waals surface area contributed by atoms with Gasteiger partial charge in [0.2, 0.25) is 5.91 Å². The monoisotopic (exact) mass is 285 g/mol. The van der Waals surface area contributed by atoms with E-state index in [0.29, 0.717) is 10.0 Å². The maximum Gasteiger partial charge on any atom is 0.224 e. The lowest BCUT2D eigenvalue weighted by atomic mass is 9.93. The molecule has 0 N–H and O–H groups in total. The van der Waals surface area contributed by atoms with Crippen LogP contribution < -0.4 is 4.90 Å². The topological polar surface area (TPSA) is 20.3 Å². The van der Waals surface area contributed by atoms with Gasteiger partial charge in [0.05, 0.1) is 0 Å². The van der Waals surface area contributed by atoms with E-state index < -0.39 is 0 Å². The fraction of sp³-hybridized carbons (Fsp3) is 0.500. The quantitative estimate of drug-likeness (QED) is 0.773. The maximum absolute atomic E-state index is 11.9. The summed E-state index contributed by atoms with van der Waals surface area (Å²) in [5.74, 6) is 0.0558. The van der Waals surface area contributed by atoms with Crippen molar-refractivity contribution in [3.63, 3.8) is 0 Å². The van der Waals surface area contributed by atoms with Gasteiger partial charge < -0.3 is 4.90 Å². The third-order valence-electron chi connectivity index (χ3n) is 3.40. The van der Waals surface area contributed by atoms with Crippen molar-refractivity contribution in [2.24, 2.45) is 0 Å². The van der Waals surface area contributed by atoms with Crippen molar-refractivity contribution >= 4 is 34.8 Å². The lowest BCUT2D eigenvalue weighted by molar-refractivity contribution is -0.117. The van der Waals surface area contributed by atoms with E-state index in [1.807, 2.05) is 17.0 Å². The summed E-state index contributed by atoms with van der Waals surface area (Å²) >= 11 is 12.0. The summed E-state index contributed by atoms with van der Waals surface area (Å²) in [5.41, 5.74) is 0.812. The van der Waals surface area contributed by atoms with Gasteiger partial charge in [-0.1, -0.05) is 42.5 Å². The number of hydrogen-bond acceptors (Lipinski definition) is 1. The third-order valence-corrected chi connectivity index (χ3v) is 3.84. The molecule has 0 heterocycles. The first-order valence-corrected chi connectivity index (χ1v) is 7.09. The molecule has 2 nitrogen and oxygen atoms in total. The minimum atomic E-state index is 0.0558. The Labute approximate surface area is 118 Å². The fourth-order valence-electron chi connectivity index (χ4n) is 2.67. The van der Waals surface area contributed by atoms with E-state index in [1.54, 1.807) is 13.0 Å². The van der Waals surface area contributed by atoms with Crippen LogP contribution in [0.25, 0.3) is 0 Å². The first-order valence-electron chi connectivity index (χ1n) is 6.34. The summed E-state index contributed by atoms with van der Waals surface area (Å²) in [7, 11) is 0. The molecule has 0 aliphatic heterocycles. The Morgan fingerprint density at radius 2 is 1.67 bits per heavy atom. The highest BCUT2D eigenvalue weighted by Crippen LogP contribution is 2.31. The molecule has 1 aromatic rings. The van der Waals surface area contributed by atoms with Gasteiger partial charge in [-0.05, 0) is 31.0 Å². The molecule has 1 saturated carbocycles. The second-order valence-corrected chi connectivity index (χ2v) is 5.68. The molecule has 1 aromatic carbocycles. The largest absolute Gasteiger partial charge is 0.310 e. The Morgan fingerprint density at radius 1 is 1.11 bits per heavy atom. The van der Waals surface area contributed by atoms with Gasteiger partial charge in [0, 0.05) is 28.7 Å². The summed E-state index contributed by atoms with van der Waals surface area (Å²) in [5, 5.41) is 1.14. The molecule has 0 spiro atoms. The van der Waals surface area contributed by atoms with Crippen LogP contribution in [0, 0.1) is 0 Å². The smallest absolute Gasteiger partial charge is 0.224 e. The second-order valence-electron chi connectivity index (χ2n) is 4.81. The molecule has 0 unspecified atom stereocenters. The summed E-state index contributed by atoms with van der Waals surface area (Å²) in [4.78, 5) is 13.8. The molecule has 4 heteroatoms. The number of carbonyl (C=O) groups excluding carboxylic acids is 1. The van der Waals surface area contributed by atoms with E-state index in [0.717, 1.165) is 18.5 Å². The van der Waals surface area contributed by atoms with E-state index in [-0.39, 0.29) is 11.9 Å². The molecular formula is C14H17Cl2NO. The molecule has 1 fully saturated rings. The van der Waals surface area contributed by atoms with Crippen LogP contribution in [0.3, 0.4) is 0 Å². The zero-order valence-electron chi connectivity index (χ0n) is 10.5. The van der Waals surface area contributed by atoms with Crippen LogP contribution >= 0.6 is 23.2 Å². The minimum Gasteiger partial charge on any atom is -0.310 e. The number of hydrogen-bond donors (Lipinski definition) is 0. The Bertz CT molecular complexity index is 421.